The Morgan fingerprint density at radius 3 is 2.60 bits per heavy atom. The lowest BCUT2D eigenvalue weighted by Gasteiger charge is -2.33. The summed E-state index contributed by atoms with van der Waals surface area (Å²) >= 11 is 0. The van der Waals surface area contributed by atoms with E-state index in [0.717, 1.165) is 5.56 Å². The molecular weight excluding hydrogens is 378 g/mol. The number of fused-ring (bicyclic) bond motifs is 1. The van der Waals surface area contributed by atoms with Gasteiger partial charge in [0, 0.05) is 25.3 Å². The number of ether oxygens (including phenoxy) is 1. The molecule has 0 spiro atoms. The predicted molar refractivity (Wildman–Crippen MR) is 118 cm³/mol. The molecule has 1 atom stereocenters. The third kappa shape index (κ3) is 4.27. The Morgan fingerprint density at radius 1 is 1.13 bits per heavy atom. The molecule has 2 amide bonds. The van der Waals surface area contributed by atoms with Crippen molar-refractivity contribution in [3.8, 4) is 5.75 Å². The van der Waals surface area contributed by atoms with Crippen LogP contribution in [0.2, 0.25) is 0 Å². The fourth-order valence-electron chi connectivity index (χ4n) is 4.21. The summed E-state index contributed by atoms with van der Waals surface area (Å²) in [5.41, 5.74) is 3.21. The first-order valence-electron chi connectivity index (χ1n) is 10.7. The van der Waals surface area contributed by atoms with Crippen LogP contribution >= 0.6 is 0 Å². The van der Waals surface area contributed by atoms with Gasteiger partial charge in [0.1, 0.15) is 0 Å². The first-order chi connectivity index (χ1) is 14.5. The van der Waals surface area contributed by atoms with Crippen LogP contribution in [0.25, 0.3) is 0 Å². The van der Waals surface area contributed by atoms with E-state index in [1.807, 2.05) is 0 Å². The molecule has 158 valence electrons. The van der Waals surface area contributed by atoms with Crippen molar-refractivity contribution < 1.29 is 14.3 Å². The first-order valence-corrected chi connectivity index (χ1v) is 10.7. The van der Waals surface area contributed by atoms with Crippen LogP contribution in [-0.4, -0.2) is 31.0 Å². The Kier molecular flexibility index (Phi) is 5.93. The van der Waals surface area contributed by atoms with Crippen LogP contribution in [0.15, 0.2) is 42.5 Å². The van der Waals surface area contributed by atoms with Crippen LogP contribution < -0.4 is 20.3 Å². The zero-order valence-electron chi connectivity index (χ0n) is 17.6. The molecule has 0 aromatic heterocycles. The van der Waals surface area contributed by atoms with Gasteiger partial charge in [0.05, 0.1) is 11.3 Å². The number of nitrogens with one attached hydrogen (secondary N) is 2. The molecular formula is C24H29N3O3. The number of carbonyl (C=O) groups excluding carboxylic acids is 2. The van der Waals surface area contributed by atoms with Gasteiger partial charge in [-0.2, -0.15) is 0 Å². The van der Waals surface area contributed by atoms with Gasteiger partial charge in [-0.15, -0.1) is 0 Å². The molecule has 4 rings (SSSR count). The van der Waals surface area contributed by atoms with E-state index in [2.05, 4.69) is 46.8 Å². The summed E-state index contributed by atoms with van der Waals surface area (Å²) in [6.07, 6.45) is 5.88. The highest BCUT2D eigenvalue weighted by Gasteiger charge is 2.27. The zero-order chi connectivity index (χ0) is 21.1. The molecule has 6 nitrogen and oxygen atoms in total. The van der Waals surface area contributed by atoms with E-state index < -0.39 is 6.10 Å². The Hall–Kier alpha value is -3.02. The van der Waals surface area contributed by atoms with Crippen molar-refractivity contribution in [2.45, 2.75) is 57.7 Å². The van der Waals surface area contributed by atoms with Crippen molar-refractivity contribution in [3.05, 3.63) is 53.6 Å². The third-order valence-corrected chi connectivity index (χ3v) is 6.10. The molecule has 2 aliphatic rings. The van der Waals surface area contributed by atoms with Gasteiger partial charge in [-0.3, -0.25) is 9.59 Å². The maximum Gasteiger partial charge on any atom is 0.265 e. The highest BCUT2D eigenvalue weighted by Crippen LogP contribution is 2.33. The van der Waals surface area contributed by atoms with Gasteiger partial charge < -0.3 is 20.3 Å². The van der Waals surface area contributed by atoms with E-state index in [1.165, 1.54) is 37.8 Å². The summed E-state index contributed by atoms with van der Waals surface area (Å²) in [6, 6.07) is 14.2. The van der Waals surface area contributed by atoms with Crippen LogP contribution in [0.1, 0.15) is 54.9 Å². The molecule has 1 saturated carbocycles. The molecule has 1 heterocycles. The Morgan fingerprint density at radius 2 is 1.87 bits per heavy atom. The van der Waals surface area contributed by atoms with Crippen LogP contribution in [0.4, 0.5) is 11.4 Å². The van der Waals surface area contributed by atoms with Gasteiger partial charge in [-0.25, -0.2) is 0 Å². The number of anilines is 2. The molecule has 2 N–H and O–H groups in total. The smallest absolute Gasteiger partial charge is 0.265 e. The number of nitrogens with zero attached hydrogens (tertiary/aromatic N) is 1. The molecule has 0 bridgehead atoms. The Bertz CT molecular complexity index is 920. The Labute approximate surface area is 177 Å². The van der Waals surface area contributed by atoms with Crippen molar-refractivity contribution in [3.63, 3.8) is 0 Å². The summed E-state index contributed by atoms with van der Waals surface area (Å²) in [4.78, 5) is 26.9. The zero-order valence-corrected chi connectivity index (χ0v) is 17.6. The molecule has 1 fully saturated rings. The lowest BCUT2D eigenvalue weighted by Crippen LogP contribution is -2.35. The number of para-hydroxylation sites is 1. The predicted octanol–water partition coefficient (Wildman–Crippen LogP) is 4.10. The minimum atomic E-state index is -0.625. The van der Waals surface area contributed by atoms with Crippen molar-refractivity contribution in [1.29, 1.82) is 0 Å². The second-order valence-corrected chi connectivity index (χ2v) is 8.18. The van der Waals surface area contributed by atoms with Gasteiger partial charge in [0.2, 0.25) is 0 Å². The van der Waals surface area contributed by atoms with E-state index in [1.54, 1.807) is 25.1 Å². The number of carbonyl (C=O) groups is 2. The number of hydrogen-bond donors (Lipinski definition) is 2. The maximum absolute atomic E-state index is 12.7. The summed E-state index contributed by atoms with van der Waals surface area (Å²) in [5.74, 6) is -0.0107. The molecule has 1 aliphatic heterocycles. The first kappa shape index (κ1) is 20.3. The van der Waals surface area contributed by atoms with Crippen LogP contribution in [0, 0.1) is 0 Å². The second-order valence-electron chi connectivity index (χ2n) is 8.18. The highest BCUT2D eigenvalue weighted by atomic mass is 16.5. The topological polar surface area (TPSA) is 70.7 Å². The Balaban J connectivity index is 1.39. The summed E-state index contributed by atoms with van der Waals surface area (Å²) in [5, 5.41) is 5.73. The maximum atomic E-state index is 12.7. The van der Waals surface area contributed by atoms with E-state index in [-0.39, 0.29) is 11.8 Å². The van der Waals surface area contributed by atoms with Crippen molar-refractivity contribution in [1.82, 2.24) is 5.32 Å². The molecule has 0 saturated heterocycles. The summed E-state index contributed by atoms with van der Waals surface area (Å²) in [6.45, 7) is 2.09. The van der Waals surface area contributed by atoms with Crippen LogP contribution in [0.5, 0.6) is 5.75 Å². The molecule has 2 aromatic carbocycles. The molecule has 30 heavy (non-hydrogen) atoms. The summed E-state index contributed by atoms with van der Waals surface area (Å²) < 4.78 is 5.67. The minimum Gasteiger partial charge on any atom is -0.478 e. The number of amides is 2. The van der Waals surface area contributed by atoms with E-state index >= 15 is 0 Å². The van der Waals surface area contributed by atoms with Gasteiger partial charge in [-0.1, -0.05) is 37.5 Å². The van der Waals surface area contributed by atoms with E-state index in [0.29, 0.717) is 29.6 Å². The lowest BCUT2D eigenvalue weighted by atomic mass is 9.94. The molecule has 1 unspecified atom stereocenters. The number of rotatable bonds is 5. The van der Waals surface area contributed by atoms with Crippen LogP contribution in [-0.2, 0) is 11.3 Å². The normalized spacial score (nSPS) is 18.7. The minimum absolute atomic E-state index is 0.210. The van der Waals surface area contributed by atoms with Crippen molar-refractivity contribution >= 4 is 23.2 Å². The van der Waals surface area contributed by atoms with Gasteiger partial charge in [0.25, 0.3) is 11.8 Å². The number of hydrogen-bond acceptors (Lipinski definition) is 4. The average Bonchev–Trinajstić information content (AvgIpc) is 2.78. The SMILES string of the molecule is CC1Oc2c(cccc2C(=O)NCc2ccc(N(C)C3CCCCC3)cc2)NC1=O. The fourth-order valence-corrected chi connectivity index (χ4v) is 4.21. The van der Waals surface area contributed by atoms with Crippen LogP contribution in [0.3, 0.4) is 0 Å². The lowest BCUT2D eigenvalue weighted by molar-refractivity contribution is -0.122. The quantitative estimate of drug-likeness (QED) is 0.783. The second kappa shape index (κ2) is 8.78. The fraction of sp³-hybridized carbons (Fsp3) is 0.417. The summed E-state index contributed by atoms with van der Waals surface area (Å²) in [7, 11) is 2.17. The van der Waals surface area contributed by atoms with Crippen molar-refractivity contribution in [2.75, 3.05) is 17.3 Å². The standard InChI is InChI=1S/C24H29N3O3/c1-16-23(28)26-21-10-6-9-20(22(21)30-16)24(29)25-15-17-11-13-19(14-12-17)27(2)18-7-4-3-5-8-18/h6,9-14,16,18H,3-5,7-8,15H2,1-2H3,(H,25,29)(H,26,28). The molecule has 0 radical (unpaired) electrons. The highest BCUT2D eigenvalue weighted by molar-refractivity contribution is 6.03. The monoisotopic (exact) mass is 407 g/mol. The third-order valence-electron chi connectivity index (χ3n) is 6.10. The van der Waals surface area contributed by atoms with Gasteiger partial charge >= 0.3 is 0 Å². The van der Waals surface area contributed by atoms with E-state index in [4.69, 9.17) is 4.74 Å². The van der Waals surface area contributed by atoms with Gasteiger partial charge in [-0.05, 0) is 49.6 Å². The molecule has 1 aliphatic carbocycles. The van der Waals surface area contributed by atoms with Gasteiger partial charge in [0.15, 0.2) is 11.9 Å². The largest absolute Gasteiger partial charge is 0.478 e. The van der Waals surface area contributed by atoms with E-state index in [9.17, 15) is 9.59 Å². The molecule has 2 aromatic rings. The molecule has 6 heteroatoms. The number of benzene rings is 2. The average molecular weight is 408 g/mol. The van der Waals surface area contributed by atoms with Crippen molar-refractivity contribution in [2.24, 2.45) is 0 Å².